The van der Waals surface area contributed by atoms with Crippen LogP contribution in [-0.2, 0) is 20.7 Å². The van der Waals surface area contributed by atoms with Crippen LogP contribution in [0.2, 0.25) is 5.02 Å². The van der Waals surface area contributed by atoms with Crippen LogP contribution in [0.4, 0.5) is 10.5 Å². The van der Waals surface area contributed by atoms with Gasteiger partial charge in [-0.05, 0) is 38.0 Å². The van der Waals surface area contributed by atoms with Gasteiger partial charge in [0.2, 0.25) is 5.91 Å². The molecule has 1 saturated heterocycles. The van der Waals surface area contributed by atoms with Gasteiger partial charge >= 0.3 is 6.09 Å². The second-order valence-electron chi connectivity index (χ2n) is 9.18. The molecule has 9 heteroatoms. The van der Waals surface area contributed by atoms with Gasteiger partial charge in [0.25, 0.3) is 0 Å². The predicted octanol–water partition coefficient (Wildman–Crippen LogP) is 4.69. The number of alkyl carbamates (subject to hydrolysis) is 1. The van der Waals surface area contributed by atoms with Gasteiger partial charge in [-0.1, -0.05) is 60.1 Å². The molecule has 2 heterocycles. The Labute approximate surface area is 216 Å². The number of ether oxygens (including phenoxy) is 3. The molecular weight excluding hydrogens is 484 g/mol. The number of carbonyl (C=O) groups is 2. The molecule has 1 aromatic carbocycles. The highest BCUT2D eigenvalue weighted by Crippen LogP contribution is 2.35. The molecule has 0 aromatic heterocycles. The van der Waals surface area contributed by atoms with Crippen LogP contribution in [0.3, 0.4) is 0 Å². The molecule has 0 radical (unpaired) electrons. The zero-order chi connectivity index (χ0) is 26.5. The van der Waals surface area contributed by atoms with Crippen molar-refractivity contribution in [2.24, 2.45) is 5.92 Å². The lowest BCUT2D eigenvalue weighted by molar-refractivity contribution is -0.138. The van der Waals surface area contributed by atoms with Crippen molar-refractivity contribution in [2.75, 3.05) is 19.5 Å². The SMILES string of the molecule is COc1cc2cc(c1Cl)NC(=O)/C=C/C(C)=C/[C@H](C)[C@@H]1C[C@@](O)(NC(=O)O1)[C@H](OC)C=C/C=C(\C)C2. The highest BCUT2D eigenvalue weighted by atomic mass is 35.5. The summed E-state index contributed by atoms with van der Waals surface area (Å²) in [7, 11) is 2.99. The molecule has 3 rings (SSSR count). The van der Waals surface area contributed by atoms with Crippen LogP contribution in [0.15, 0.2) is 59.7 Å². The molecule has 194 valence electrons. The Bertz CT molecular complexity index is 1130. The molecule has 3 N–H and O–H groups in total. The first-order chi connectivity index (χ1) is 17.0. The highest BCUT2D eigenvalue weighted by Gasteiger charge is 2.45. The third-order valence-electron chi connectivity index (χ3n) is 6.15. The van der Waals surface area contributed by atoms with Crippen molar-refractivity contribution < 1.29 is 28.9 Å². The molecule has 4 atom stereocenters. The van der Waals surface area contributed by atoms with Gasteiger partial charge in [-0.2, -0.15) is 0 Å². The normalized spacial score (nSPS) is 31.1. The number of hydrogen-bond acceptors (Lipinski definition) is 6. The topological polar surface area (TPSA) is 106 Å². The molecule has 2 amide bonds. The number of carbonyl (C=O) groups excluding carboxylic acids is 2. The number of fused-ring (bicyclic) bond motifs is 4. The first-order valence-corrected chi connectivity index (χ1v) is 12.0. The predicted molar refractivity (Wildman–Crippen MR) is 139 cm³/mol. The van der Waals surface area contributed by atoms with Crippen LogP contribution in [-0.4, -0.2) is 49.3 Å². The summed E-state index contributed by atoms with van der Waals surface area (Å²) in [4.78, 5) is 24.9. The van der Waals surface area contributed by atoms with E-state index in [2.05, 4.69) is 10.6 Å². The summed E-state index contributed by atoms with van der Waals surface area (Å²) < 4.78 is 16.4. The monoisotopic (exact) mass is 516 g/mol. The summed E-state index contributed by atoms with van der Waals surface area (Å²) in [5.41, 5.74) is 1.47. The Hall–Kier alpha value is -3.07. The smallest absolute Gasteiger partial charge is 0.409 e. The van der Waals surface area contributed by atoms with Crippen molar-refractivity contribution in [3.05, 3.63) is 70.3 Å². The number of aliphatic hydroxyl groups is 1. The number of amides is 2. The van der Waals surface area contributed by atoms with Crippen LogP contribution >= 0.6 is 11.6 Å². The van der Waals surface area contributed by atoms with Crippen molar-refractivity contribution in [1.29, 1.82) is 0 Å². The second-order valence-corrected chi connectivity index (χ2v) is 9.56. The largest absolute Gasteiger partial charge is 0.495 e. The van der Waals surface area contributed by atoms with E-state index in [1.165, 1.54) is 20.3 Å². The van der Waals surface area contributed by atoms with Crippen molar-refractivity contribution in [2.45, 2.75) is 51.5 Å². The molecule has 1 fully saturated rings. The highest BCUT2D eigenvalue weighted by molar-refractivity contribution is 6.35. The van der Waals surface area contributed by atoms with Crippen molar-refractivity contribution >= 4 is 29.3 Å². The number of nitrogens with one attached hydrogen (secondary N) is 2. The molecular formula is C27H33ClN2O6. The Kier molecular flexibility index (Phi) is 9.00. The summed E-state index contributed by atoms with van der Waals surface area (Å²) in [5.74, 6) is -0.135. The van der Waals surface area contributed by atoms with Crippen LogP contribution in [0, 0.1) is 5.92 Å². The minimum absolute atomic E-state index is 0.115. The minimum atomic E-state index is -1.65. The Morgan fingerprint density at radius 2 is 1.94 bits per heavy atom. The molecule has 0 spiro atoms. The quantitative estimate of drug-likeness (QED) is 0.526. The van der Waals surface area contributed by atoms with Crippen molar-refractivity contribution in [1.82, 2.24) is 5.32 Å². The molecule has 2 aliphatic rings. The van der Waals surface area contributed by atoms with E-state index in [1.807, 2.05) is 45.1 Å². The van der Waals surface area contributed by atoms with Gasteiger partial charge in [0.05, 0.1) is 12.8 Å². The second kappa shape index (κ2) is 11.8. The van der Waals surface area contributed by atoms with E-state index < -0.39 is 24.0 Å². The maximum atomic E-state index is 12.6. The summed E-state index contributed by atoms with van der Waals surface area (Å²) in [5, 5.41) is 16.9. The fourth-order valence-electron chi connectivity index (χ4n) is 4.31. The van der Waals surface area contributed by atoms with E-state index >= 15 is 0 Å². The van der Waals surface area contributed by atoms with Crippen LogP contribution < -0.4 is 15.4 Å². The molecule has 0 saturated carbocycles. The Balaban J connectivity index is 2.04. The van der Waals surface area contributed by atoms with E-state index in [-0.39, 0.29) is 18.2 Å². The molecule has 8 nitrogen and oxygen atoms in total. The average Bonchev–Trinajstić information content (AvgIpc) is 2.81. The van der Waals surface area contributed by atoms with Crippen LogP contribution in [0.1, 0.15) is 32.8 Å². The fraction of sp³-hybridized carbons (Fsp3) is 0.407. The zero-order valence-electron chi connectivity index (χ0n) is 21.1. The molecule has 1 aromatic rings. The number of allylic oxidation sites excluding steroid dienone is 5. The fourth-order valence-corrected chi connectivity index (χ4v) is 4.55. The van der Waals surface area contributed by atoms with Gasteiger partial charge in [-0.25, -0.2) is 4.79 Å². The van der Waals surface area contributed by atoms with E-state index in [9.17, 15) is 14.7 Å². The van der Waals surface area contributed by atoms with Crippen LogP contribution in [0.25, 0.3) is 0 Å². The van der Waals surface area contributed by atoms with Crippen LogP contribution in [0.5, 0.6) is 5.75 Å². The minimum Gasteiger partial charge on any atom is -0.495 e. The lowest BCUT2D eigenvalue weighted by Crippen LogP contribution is -2.63. The number of halogens is 1. The van der Waals surface area contributed by atoms with Gasteiger partial charge in [-0.15, -0.1) is 0 Å². The zero-order valence-corrected chi connectivity index (χ0v) is 21.9. The maximum Gasteiger partial charge on any atom is 0.409 e. The average molecular weight is 517 g/mol. The third-order valence-corrected chi connectivity index (χ3v) is 6.54. The number of benzene rings is 1. The van der Waals surface area contributed by atoms with E-state index in [4.69, 9.17) is 25.8 Å². The Morgan fingerprint density at radius 1 is 1.19 bits per heavy atom. The van der Waals surface area contributed by atoms with Crippen molar-refractivity contribution in [3.63, 3.8) is 0 Å². The first kappa shape index (κ1) is 27.5. The van der Waals surface area contributed by atoms with Crippen molar-refractivity contribution in [3.8, 4) is 5.75 Å². The number of anilines is 1. The van der Waals surface area contributed by atoms with E-state index in [1.54, 1.807) is 18.2 Å². The number of hydrogen-bond donors (Lipinski definition) is 3. The summed E-state index contributed by atoms with van der Waals surface area (Å²) >= 11 is 6.44. The van der Waals surface area contributed by atoms with E-state index in [0.29, 0.717) is 22.9 Å². The molecule has 0 aliphatic carbocycles. The number of methoxy groups -OCH3 is 2. The van der Waals surface area contributed by atoms with Gasteiger partial charge in [-0.3, -0.25) is 10.1 Å². The molecule has 0 unspecified atom stereocenters. The van der Waals surface area contributed by atoms with E-state index in [0.717, 1.165) is 16.7 Å². The number of rotatable bonds is 2. The van der Waals surface area contributed by atoms with Gasteiger partial charge in [0.15, 0.2) is 5.72 Å². The summed E-state index contributed by atoms with van der Waals surface area (Å²) in [6.45, 7) is 5.67. The summed E-state index contributed by atoms with van der Waals surface area (Å²) in [6.07, 6.45) is 8.86. The first-order valence-electron chi connectivity index (χ1n) is 11.7. The standard InChI is InChI=1S/C27H33ClN2O6/c1-16-7-6-8-23(35-5)27(33)15-22(36-26(32)30-27)18(3)11-17(2)9-10-24(31)29-20-13-19(12-16)14-21(34-4)25(20)28/h6-11,13-14,18,22-23,33H,12,15H2,1-5H3,(H,29,31)(H,30,32)/b8-6?,10-9+,16-7+,17-11+/t18-,22-,23+,27-/m0/s1. The van der Waals surface area contributed by atoms with Gasteiger partial charge in [0.1, 0.15) is 23.0 Å². The summed E-state index contributed by atoms with van der Waals surface area (Å²) in [6, 6.07) is 3.64. The molecule has 4 bridgehead atoms. The molecule has 2 aliphatic heterocycles. The van der Waals surface area contributed by atoms with Gasteiger partial charge in [0, 0.05) is 25.5 Å². The Morgan fingerprint density at radius 3 is 2.64 bits per heavy atom. The lowest BCUT2D eigenvalue weighted by atomic mass is 9.89. The lowest BCUT2D eigenvalue weighted by Gasteiger charge is -2.41. The van der Waals surface area contributed by atoms with Gasteiger partial charge < -0.3 is 24.6 Å². The molecule has 36 heavy (non-hydrogen) atoms. The maximum absolute atomic E-state index is 12.6. The third kappa shape index (κ3) is 6.78.